The van der Waals surface area contributed by atoms with E-state index in [0.29, 0.717) is 12.1 Å². The molecule has 0 bridgehead atoms. The third-order valence-electron chi connectivity index (χ3n) is 2.70. The summed E-state index contributed by atoms with van der Waals surface area (Å²) in [5, 5.41) is 10.5. The van der Waals surface area contributed by atoms with Crippen LogP contribution in [0.25, 0.3) is 0 Å². The zero-order valence-corrected chi connectivity index (χ0v) is 10.9. The highest BCUT2D eigenvalue weighted by atomic mass is 19.1. The van der Waals surface area contributed by atoms with Crippen LogP contribution in [-0.4, -0.2) is 9.91 Å². The number of aromatic nitrogens is 1. The van der Waals surface area contributed by atoms with E-state index in [9.17, 15) is 18.9 Å². The van der Waals surface area contributed by atoms with Gasteiger partial charge in [-0.05, 0) is 12.5 Å². The lowest BCUT2D eigenvalue weighted by molar-refractivity contribution is -0.387. The topological polar surface area (TPSA) is 91.3 Å². The maximum Gasteiger partial charge on any atom is 0.307 e. The number of benzene rings is 1. The summed E-state index contributed by atoms with van der Waals surface area (Å²) >= 11 is 0. The normalized spacial score (nSPS) is 12.0. The standard InChI is InChI=1S/C13H11F2N3O3/c1-7(16)8-2-3-13(17-6-8)21-12-5-9(14)11(18(19)20)4-10(12)15/h2-7H,16H2,1H3/t7-/m1/s1. The van der Waals surface area contributed by atoms with Gasteiger partial charge < -0.3 is 10.5 Å². The fraction of sp³-hybridized carbons (Fsp3) is 0.154. The largest absolute Gasteiger partial charge is 0.436 e. The van der Waals surface area contributed by atoms with Crippen LogP contribution in [0.5, 0.6) is 11.6 Å². The third-order valence-corrected chi connectivity index (χ3v) is 2.70. The van der Waals surface area contributed by atoms with E-state index in [1.165, 1.54) is 12.3 Å². The first-order valence-electron chi connectivity index (χ1n) is 5.91. The zero-order valence-electron chi connectivity index (χ0n) is 10.9. The van der Waals surface area contributed by atoms with Gasteiger partial charge in [0.1, 0.15) is 0 Å². The quantitative estimate of drug-likeness (QED) is 0.691. The fourth-order valence-corrected chi connectivity index (χ4v) is 1.57. The van der Waals surface area contributed by atoms with Gasteiger partial charge >= 0.3 is 5.69 Å². The van der Waals surface area contributed by atoms with Crippen molar-refractivity contribution in [2.75, 3.05) is 0 Å². The maximum atomic E-state index is 13.6. The monoisotopic (exact) mass is 295 g/mol. The lowest BCUT2D eigenvalue weighted by Gasteiger charge is -2.08. The Balaban J connectivity index is 2.27. The predicted molar refractivity (Wildman–Crippen MR) is 69.9 cm³/mol. The molecule has 0 saturated carbocycles. The van der Waals surface area contributed by atoms with Gasteiger partial charge in [-0.25, -0.2) is 9.37 Å². The number of nitrogens with two attached hydrogens (primary N) is 1. The third kappa shape index (κ3) is 3.29. The minimum Gasteiger partial charge on any atom is -0.436 e. The molecule has 0 radical (unpaired) electrons. The number of nitro groups is 1. The van der Waals surface area contributed by atoms with Crippen LogP contribution in [0, 0.1) is 21.7 Å². The summed E-state index contributed by atoms with van der Waals surface area (Å²) in [6.07, 6.45) is 1.44. The van der Waals surface area contributed by atoms with Crippen LogP contribution in [0.15, 0.2) is 30.5 Å². The van der Waals surface area contributed by atoms with Crippen molar-refractivity contribution in [2.24, 2.45) is 5.73 Å². The van der Waals surface area contributed by atoms with Crippen molar-refractivity contribution >= 4 is 5.69 Å². The van der Waals surface area contributed by atoms with E-state index in [4.69, 9.17) is 10.5 Å². The van der Waals surface area contributed by atoms with Crippen LogP contribution in [0.4, 0.5) is 14.5 Å². The predicted octanol–water partition coefficient (Wildman–Crippen LogP) is 3.08. The number of ether oxygens (including phenoxy) is 1. The van der Waals surface area contributed by atoms with Gasteiger partial charge in [0, 0.05) is 24.4 Å². The Kier molecular flexibility index (Phi) is 4.08. The molecule has 0 aliphatic rings. The lowest BCUT2D eigenvalue weighted by Crippen LogP contribution is -2.05. The highest BCUT2D eigenvalue weighted by molar-refractivity contribution is 5.40. The SMILES string of the molecule is C[C@@H](N)c1ccc(Oc2cc(F)c([N+](=O)[O-])cc2F)nc1. The molecule has 0 fully saturated rings. The number of pyridine rings is 1. The molecule has 8 heteroatoms. The molecule has 1 atom stereocenters. The molecule has 1 heterocycles. The van der Waals surface area contributed by atoms with Crippen molar-refractivity contribution in [3.05, 3.63) is 57.8 Å². The van der Waals surface area contributed by atoms with E-state index in [1.54, 1.807) is 13.0 Å². The second-order valence-electron chi connectivity index (χ2n) is 4.31. The molecule has 0 spiro atoms. The van der Waals surface area contributed by atoms with Crippen molar-refractivity contribution in [1.82, 2.24) is 4.98 Å². The molecule has 0 aliphatic carbocycles. The number of halogens is 2. The Bertz CT molecular complexity index is 675. The molecule has 1 aromatic heterocycles. The van der Waals surface area contributed by atoms with Gasteiger partial charge in [0.15, 0.2) is 11.6 Å². The summed E-state index contributed by atoms with van der Waals surface area (Å²) in [4.78, 5) is 13.4. The second-order valence-corrected chi connectivity index (χ2v) is 4.31. The molecule has 2 rings (SSSR count). The summed E-state index contributed by atoms with van der Waals surface area (Å²) in [6.45, 7) is 1.77. The Morgan fingerprint density at radius 3 is 2.57 bits per heavy atom. The summed E-state index contributed by atoms with van der Waals surface area (Å²) in [7, 11) is 0. The van der Waals surface area contributed by atoms with Crippen LogP contribution in [0.1, 0.15) is 18.5 Å². The summed E-state index contributed by atoms with van der Waals surface area (Å²) < 4.78 is 32.1. The first-order valence-corrected chi connectivity index (χ1v) is 5.91. The van der Waals surface area contributed by atoms with Crippen molar-refractivity contribution < 1.29 is 18.4 Å². The number of rotatable bonds is 4. The van der Waals surface area contributed by atoms with Crippen LogP contribution < -0.4 is 10.5 Å². The van der Waals surface area contributed by atoms with Crippen molar-refractivity contribution in [2.45, 2.75) is 13.0 Å². The van der Waals surface area contributed by atoms with Crippen molar-refractivity contribution in [3.63, 3.8) is 0 Å². The molecule has 0 saturated heterocycles. The number of hydrogen-bond acceptors (Lipinski definition) is 5. The Morgan fingerprint density at radius 2 is 2.05 bits per heavy atom. The molecule has 0 unspecified atom stereocenters. The molecular weight excluding hydrogens is 284 g/mol. The molecule has 21 heavy (non-hydrogen) atoms. The Labute approximate surface area is 118 Å². The van der Waals surface area contributed by atoms with Gasteiger partial charge in [0.2, 0.25) is 11.7 Å². The molecule has 1 aromatic carbocycles. The Morgan fingerprint density at radius 1 is 1.33 bits per heavy atom. The van der Waals surface area contributed by atoms with Crippen LogP contribution in [0.3, 0.4) is 0 Å². The smallest absolute Gasteiger partial charge is 0.307 e. The molecular formula is C13H11F2N3O3. The first-order chi connectivity index (χ1) is 9.88. The van der Waals surface area contributed by atoms with E-state index >= 15 is 0 Å². The van der Waals surface area contributed by atoms with Gasteiger partial charge in [0.05, 0.1) is 11.0 Å². The highest BCUT2D eigenvalue weighted by Gasteiger charge is 2.20. The molecule has 110 valence electrons. The maximum absolute atomic E-state index is 13.6. The molecule has 0 aliphatic heterocycles. The van der Waals surface area contributed by atoms with E-state index < -0.39 is 28.0 Å². The number of nitro benzene ring substituents is 1. The number of hydrogen-bond donors (Lipinski definition) is 1. The molecule has 2 aromatic rings. The number of nitrogens with zero attached hydrogens (tertiary/aromatic N) is 2. The molecule has 6 nitrogen and oxygen atoms in total. The van der Waals surface area contributed by atoms with Gasteiger partial charge in [-0.15, -0.1) is 0 Å². The van der Waals surface area contributed by atoms with Crippen LogP contribution >= 0.6 is 0 Å². The van der Waals surface area contributed by atoms with E-state index in [1.807, 2.05) is 0 Å². The Hall–Kier alpha value is -2.61. The first kappa shape index (κ1) is 14.8. The van der Waals surface area contributed by atoms with Crippen molar-refractivity contribution in [1.29, 1.82) is 0 Å². The average Bonchev–Trinajstić information content (AvgIpc) is 2.42. The second kappa shape index (κ2) is 5.80. The van der Waals surface area contributed by atoms with Gasteiger partial charge in [-0.1, -0.05) is 6.07 Å². The van der Waals surface area contributed by atoms with Crippen LogP contribution in [0.2, 0.25) is 0 Å². The fourth-order valence-electron chi connectivity index (χ4n) is 1.57. The van der Waals surface area contributed by atoms with Crippen LogP contribution in [-0.2, 0) is 0 Å². The van der Waals surface area contributed by atoms with Gasteiger partial charge in [0.25, 0.3) is 0 Å². The summed E-state index contributed by atoms with van der Waals surface area (Å²) in [6, 6.07) is 3.92. The summed E-state index contributed by atoms with van der Waals surface area (Å²) in [5.41, 5.74) is 5.44. The lowest BCUT2D eigenvalue weighted by atomic mass is 10.2. The highest BCUT2D eigenvalue weighted by Crippen LogP contribution is 2.29. The van der Waals surface area contributed by atoms with E-state index in [-0.39, 0.29) is 11.9 Å². The van der Waals surface area contributed by atoms with E-state index in [2.05, 4.69) is 4.98 Å². The van der Waals surface area contributed by atoms with E-state index in [0.717, 1.165) is 5.56 Å². The van der Waals surface area contributed by atoms with Crippen molar-refractivity contribution in [3.8, 4) is 11.6 Å². The summed E-state index contributed by atoms with van der Waals surface area (Å²) in [5.74, 6) is -2.71. The molecule has 2 N–H and O–H groups in total. The van der Waals surface area contributed by atoms with Gasteiger partial charge in [-0.2, -0.15) is 4.39 Å². The average molecular weight is 295 g/mol. The molecule has 0 amide bonds. The minimum atomic E-state index is -1.19. The zero-order chi connectivity index (χ0) is 15.6. The minimum absolute atomic E-state index is 0.0200. The van der Waals surface area contributed by atoms with Gasteiger partial charge in [-0.3, -0.25) is 10.1 Å².